The highest BCUT2D eigenvalue weighted by Gasteiger charge is 2.18. The summed E-state index contributed by atoms with van der Waals surface area (Å²) in [5.41, 5.74) is 0. The minimum Gasteiger partial charge on any atom is -0.341 e. The molecule has 13 heavy (non-hydrogen) atoms. The van der Waals surface area contributed by atoms with Crippen LogP contribution in [0.25, 0.3) is 0 Å². The summed E-state index contributed by atoms with van der Waals surface area (Å²) in [7, 11) is 0. The van der Waals surface area contributed by atoms with Gasteiger partial charge < -0.3 is 4.90 Å². The number of anilines is 1. The van der Waals surface area contributed by atoms with E-state index < -0.39 is 0 Å². The molecule has 4 nitrogen and oxygen atoms in total. The fourth-order valence-electron chi connectivity index (χ4n) is 1.67. The summed E-state index contributed by atoms with van der Waals surface area (Å²) in [6, 6.07) is 0. The van der Waals surface area contributed by atoms with E-state index in [1.165, 1.54) is 12.8 Å². The average molecular weight is 292 g/mol. The van der Waals surface area contributed by atoms with Crippen LogP contribution in [-0.4, -0.2) is 27.9 Å². The quantitative estimate of drug-likeness (QED) is 0.775. The van der Waals surface area contributed by atoms with Crippen LogP contribution < -0.4 is 4.90 Å². The van der Waals surface area contributed by atoms with Crippen molar-refractivity contribution in [3.63, 3.8) is 0 Å². The second kappa shape index (κ2) is 3.81. The summed E-state index contributed by atoms with van der Waals surface area (Å²) in [6.07, 6.45) is 2.57. The molecule has 1 aliphatic heterocycles. The number of halogens is 1. The Balaban J connectivity index is 2.26. The normalized spacial score (nSPS) is 16.9. The van der Waals surface area contributed by atoms with Crippen LogP contribution in [-0.2, 0) is 6.54 Å². The van der Waals surface area contributed by atoms with Gasteiger partial charge in [0.05, 0.1) is 0 Å². The van der Waals surface area contributed by atoms with Crippen molar-refractivity contribution in [2.24, 2.45) is 0 Å². The van der Waals surface area contributed by atoms with Crippen molar-refractivity contribution in [1.29, 1.82) is 0 Å². The standard InChI is InChI=1S/C8H13IN4/c1-2-13-8(10-7(9)11-13)12-5-3-4-6-12/h2-6H2,1H3. The van der Waals surface area contributed by atoms with Crippen LogP contribution in [0.15, 0.2) is 0 Å². The minimum atomic E-state index is 0.848. The molecule has 0 bridgehead atoms. The van der Waals surface area contributed by atoms with Crippen molar-refractivity contribution in [1.82, 2.24) is 14.8 Å². The molecule has 0 atom stereocenters. The van der Waals surface area contributed by atoms with Gasteiger partial charge in [0.2, 0.25) is 9.78 Å². The summed E-state index contributed by atoms with van der Waals surface area (Å²) >= 11 is 2.17. The van der Waals surface area contributed by atoms with E-state index >= 15 is 0 Å². The Hall–Kier alpha value is -0.330. The molecular weight excluding hydrogens is 279 g/mol. The first-order chi connectivity index (χ1) is 6.31. The summed E-state index contributed by atoms with van der Waals surface area (Å²) in [6.45, 7) is 5.27. The van der Waals surface area contributed by atoms with Gasteiger partial charge in [-0.2, -0.15) is 4.98 Å². The Labute approximate surface area is 91.5 Å². The molecule has 0 N–H and O–H groups in total. The first kappa shape index (κ1) is 9.23. The van der Waals surface area contributed by atoms with Gasteiger partial charge in [0, 0.05) is 42.2 Å². The first-order valence-corrected chi connectivity index (χ1v) is 5.74. The van der Waals surface area contributed by atoms with Gasteiger partial charge >= 0.3 is 0 Å². The van der Waals surface area contributed by atoms with E-state index in [-0.39, 0.29) is 0 Å². The SMILES string of the molecule is CCn1nc(I)nc1N1CCCC1. The molecule has 72 valence electrons. The Morgan fingerprint density at radius 2 is 2.08 bits per heavy atom. The van der Waals surface area contributed by atoms with Crippen molar-refractivity contribution in [2.45, 2.75) is 26.3 Å². The fourth-order valence-corrected chi connectivity index (χ4v) is 2.15. The van der Waals surface area contributed by atoms with Gasteiger partial charge in [0.15, 0.2) is 0 Å². The Kier molecular flexibility index (Phi) is 2.71. The van der Waals surface area contributed by atoms with Crippen LogP contribution in [0.5, 0.6) is 0 Å². The van der Waals surface area contributed by atoms with Gasteiger partial charge in [-0.15, -0.1) is 5.10 Å². The third-order valence-corrected chi connectivity index (χ3v) is 2.77. The van der Waals surface area contributed by atoms with Crippen LogP contribution in [0.2, 0.25) is 0 Å². The molecule has 1 aliphatic rings. The second-order valence-corrected chi connectivity index (χ2v) is 4.16. The van der Waals surface area contributed by atoms with Crippen LogP contribution in [0.1, 0.15) is 19.8 Å². The number of hydrogen-bond acceptors (Lipinski definition) is 3. The first-order valence-electron chi connectivity index (χ1n) is 4.66. The minimum absolute atomic E-state index is 0.848. The maximum Gasteiger partial charge on any atom is 0.224 e. The van der Waals surface area contributed by atoms with E-state index in [0.29, 0.717) is 0 Å². The number of aryl methyl sites for hydroxylation is 1. The zero-order chi connectivity index (χ0) is 9.26. The van der Waals surface area contributed by atoms with Crippen molar-refractivity contribution in [2.75, 3.05) is 18.0 Å². The molecule has 0 amide bonds. The molecule has 1 aromatic heterocycles. The lowest BCUT2D eigenvalue weighted by Crippen LogP contribution is -2.22. The van der Waals surface area contributed by atoms with Gasteiger partial charge in [-0.3, -0.25) is 0 Å². The van der Waals surface area contributed by atoms with Crippen molar-refractivity contribution in [3.05, 3.63) is 3.83 Å². The highest BCUT2D eigenvalue weighted by Crippen LogP contribution is 2.18. The molecule has 2 heterocycles. The number of hydrogen-bond donors (Lipinski definition) is 0. The average Bonchev–Trinajstić information content (AvgIpc) is 2.71. The molecule has 0 aromatic carbocycles. The smallest absolute Gasteiger partial charge is 0.224 e. The van der Waals surface area contributed by atoms with Crippen molar-refractivity contribution < 1.29 is 0 Å². The molecule has 0 saturated carbocycles. The fraction of sp³-hybridized carbons (Fsp3) is 0.750. The number of aromatic nitrogens is 3. The number of rotatable bonds is 2. The number of nitrogens with zero attached hydrogens (tertiary/aromatic N) is 4. The predicted octanol–water partition coefficient (Wildman–Crippen LogP) is 1.50. The van der Waals surface area contributed by atoms with E-state index in [4.69, 9.17) is 0 Å². The van der Waals surface area contributed by atoms with Crippen molar-refractivity contribution in [3.8, 4) is 0 Å². The molecular formula is C8H13IN4. The Morgan fingerprint density at radius 1 is 1.38 bits per heavy atom. The largest absolute Gasteiger partial charge is 0.341 e. The Morgan fingerprint density at radius 3 is 2.69 bits per heavy atom. The lowest BCUT2D eigenvalue weighted by molar-refractivity contribution is 0.641. The highest BCUT2D eigenvalue weighted by molar-refractivity contribution is 14.1. The molecule has 1 fully saturated rings. The zero-order valence-electron chi connectivity index (χ0n) is 7.70. The lowest BCUT2D eigenvalue weighted by Gasteiger charge is -2.15. The van der Waals surface area contributed by atoms with E-state index in [1.807, 2.05) is 4.68 Å². The molecule has 0 aliphatic carbocycles. The summed E-state index contributed by atoms with van der Waals surface area (Å²) in [4.78, 5) is 6.75. The van der Waals surface area contributed by atoms with Crippen molar-refractivity contribution >= 4 is 28.5 Å². The third-order valence-electron chi connectivity index (χ3n) is 2.31. The van der Waals surface area contributed by atoms with Crippen LogP contribution >= 0.6 is 22.6 Å². The van der Waals surface area contributed by atoms with Gasteiger partial charge in [0.1, 0.15) is 0 Å². The predicted molar refractivity (Wildman–Crippen MR) is 59.9 cm³/mol. The van der Waals surface area contributed by atoms with E-state index in [1.54, 1.807) is 0 Å². The van der Waals surface area contributed by atoms with E-state index in [0.717, 1.165) is 29.4 Å². The third kappa shape index (κ3) is 1.79. The summed E-state index contributed by atoms with van der Waals surface area (Å²) < 4.78 is 2.83. The van der Waals surface area contributed by atoms with Crippen LogP contribution in [0.4, 0.5) is 5.95 Å². The lowest BCUT2D eigenvalue weighted by atomic mass is 10.4. The maximum absolute atomic E-state index is 4.43. The molecule has 1 saturated heterocycles. The van der Waals surface area contributed by atoms with Gasteiger partial charge in [0.25, 0.3) is 0 Å². The molecule has 0 spiro atoms. The molecule has 0 unspecified atom stereocenters. The second-order valence-electron chi connectivity index (χ2n) is 3.19. The maximum atomic E-state index is 4.43. The molecule has 0 radical (unpaired) electrons. The van der Waals surface area contributed by atoms with Crippen LogP contribution in [0.3, 0.4) is 0 Å². The molecule has 1 aromatic rings. The monoisotopic (exact) mass is 292 g/mol. The molecule has 5 heteroatoms. The van der Waals surface area contributed by atoms with E-state index in [9.17, 15) is 0 Å². The van der Waals surface area contributed by atoms with Gasteiger partial charge in [-0.25, -0.2) is 4.68 Å². The molecule has 2 rings (SSSR count). The topological polar surface area (TPSA) is 34.0 Å². The van der Waals surface area contributed by atoms with Crippen LogP contribution in [0, 0.1) is 3.83 Å². The summed E-state index contributed by atoms with van der Waals surface area (Å²) in [5.74, 6) is 1.05. The zero-order valence-corrected chi connectivity index (χ0v) is 9.86. The van der Waals surface area contributed by atoms with E-state index in [2.05, 4.69) is 44.5 Å². The van der Waals surface area contributed by atoms with Gasteiger partial charge in [-0.1, -0.05) is 0 Å². The van der Waals surface area contributed by atoms with Gasteiger partial charge in [-0.05, 0) is 19.8 Å². The highest BCUT2D eigenvalue weighted by atomic mass is 127. The summed E-state index contributed by atoms with van der Waals surface area (Å²) in [5, 5.41) is 4.32. The Bertz CT molecular complexity index is 290.